The van der Waals surface area contributed by atoms with E-state index in [0.29, 0.717) is 39.1 Å². The van der Waals surface area contributed by atoms with Crippen LogP contribution in [0.15, 0.2) is 64.4 Å². The number of aromatic hydroxyl groups is 1. The number of carboxylic acids is 1. The van der Waals surface area contributed by atoms with Crippen LogP contribution in [0, 0.1) is 6.92 Å². The first-order valence-corrected chi connectivity index (χ1v) is 9.58. The SMILES string of the molecule is COc1cc(-c2cc(=N[C@H](Cc3cnc[nH]3)C(=O)[O-])c3cc(C)ccc3o2)ccc1O. The van der Waals surface area contributed by atoms with Crippen molar-refractivity contribution in [2.45, 2.75) is 19.4 Å². The van der Waals surface area contributed by atoms with E-state index in [-0.39, 0.29) is 12.2 Å². The number of aromatic amines is 1. The van der Waals surface area contributed by atoms with Crippen LogP contribution in [0.3, 0.4) is 0 Å². The number of ether oxygens (including phenoxy) is 1. The molecule has 0 spiro atoms. The number of aromatic nitrogens is 2. The lowest BCUT2D eigenvalue weighted by molar-refractivity contribution is -0.307. The zero-order chi connectivity index (χ0) is 22.0. The van der Waals surface area contributed by atoms with Gasteiger partial charge in [0.2, 0.25) is 0 Å². The molecule has 4 rings (SSSR count). The number of phenols is 1. The lowest BCUT2D eigenvalue weighted by Gasteiger charge is -2.13. The van der Waals surface area contributed by atoms with Crippen LogP contribution in [0.4, 0.5) is 0 Å². The molecule has 0 unspecified atom stereocenters. The van der Waals surface area contributed by atoms with Crippen molar-refractivity contribution >= 4 is 16.9 Å². The second kappa shape index (κ2) is 8.35. The third kappa shape index (κ3) is 4.28. The minimum atomic E-state index is -1.29. The lowest BCUT2D eigenvalue weighted by atomic mass is 10.1. The van der Waals surface area contributed by atoms with E-state index >= 15 is 0 Å². The van der Waals surface area contributed by atoms with Crippen molar-refractivity contribution in [2.75, 3.05) is 7.11 Å². The highest BCUT2D eigenvalue weighted by Crippen LogP contribution is 2.32. The molecule has 2 N–H and O–H groups in total. The van der Waals surface area contributed by atoms with Crippen molar-refractivity contribution in [1.82, 2.24) is 9.97 Å². The summed E-state index contributed by atoms with van der Waals surface area (Å²) < 4.78 is 11.2. The van der Waals surface area contributed by atoms with Crippen LogP contribution in [0.5, 0.6) is 11.5 Å². The van der Waals surface area contributed by atoms with E-state index in [1.165, 1.54) is 19.5 Å². The fraction of sp³-hybridized carbons (Fsp3) is 0.174. The van der Waals surface area contributed by atoms with Gasteiger partial charge in [0.05, 0.1) is 30.8 Å². The Morgan fingerprint density at radius 3 is 2.84 bits per heavy atom. The number of carboxylic acid groups (broad SMARTS) is 1. The van der Waals surface area contributed by atoms with Gasteiger partial charge in [-0.05, 0) is 37.3 Å². The van der Waals surface area contributed by atoms with Crippen LogP contribution in [0.25, 0.3) is 22.3 Å². The van der Waals surface area contributed by atoms with E-state index < -0.39 is 12.0 Å². The Bertz CT molecular complexity index is 1310. The molecule has 0 aliphatic carbocycles. The number of aliphatic carboxylic acids is 1. The van der Waals surface area contributed by atoms with Crippen molar-refractivity contribution in [3.63, 3.8) is 0 Å². The minimum Gasteiger partial charge on any atom is -0.548 e. The van der Waals surface area contributed by atoms with Gasteiger partial charge in [0.25, 0.3) is 0 Å². The number of carbonyl (C=O) groups excluding carboxylic acids is 1. The number of imidazole rings is 1. The topological polar surface area (TPSA) is 124 Å². The molecule has 2 heterocycles. The second-order valence-corrected chi connectivity index (χ2v) is 7.13. The number of rotatable bonds is 6. The molecule has 4 aromatic rings. The summed E-state index contributed by atoms with van der Waals surface area (Å²) in [5.74, 6) is -0.540. The molecule has 0 fully saturated rings. The molecule has 2 aromatic heterocycles. The highest BCUT2D eigenvalue weighted by molar-refractivity contribution is 5.80. The van der Waals surface area contributed by atoms with Gasteiger partial charge in [-0.2, -0.15) is 0 Å². The molecular formula is C23H20N3O5-. The number of hydrogen-bond acceptors (Lipinski definition) is 7. The molecule has 0 amide bonds. The summed E-state index contributed by atoms with van der Waals surface area (Å²) >= 11 is 0. The molecule has 0 aliphatic heterocycles. The predicted molar refractivity (Wildman–Crippen MR) is 111 cm³/mol. The molecule has 0 saturated carbocycles. The van der Waals surface area contributed by atoms with Gasteiger partial charge in [-0.1, -0.05) is 11.6 Å². The Hall–Kier alpha value is -4.07. The Labute approximate surface area is 177 Å². The fourth-order valence-corrected chi connectivity index (χ4v) is 3.32. The van der Waals surface area contributed by atoms with E-state index in [9.17, 15) is 15.0 Å². The number of nitrogens with zero attached hydrogens (tertiary/aromatic N) is 2. The minimum absolute atomic E-state index is 0.00384. The van der Waals surface area contributed by atoms with Gasteiger partial charge >= 0.3 is 0 Å². The van der Waals surface area contributed by atoms with Crippen molar-refractivity contribution in [3.8, 4) is 22.8 Å². The third-order valence-electron chi connectivity index (χ3n) is 4.90. The predicted octanol–water partition coefficient (Wildman–Crippen LogP) is 2.11. The summed E-state index contributed by atoms with van der Waals surface area (Å²) in [6.45, 7) is 1.93. The highest BCUT2D eigenvalue weighted by Gasteiger charge is 2.13. The van der Waals surface area contributed by atoms with Gasteiger partial charge in [-0.25, -0.2) is 4.98 Å². The van der Waals surface area contributed by atoms with Crippen molar-refractivity contribution in [3.05, 3.63) is 71.6 Å². The van der Waals surface area contributed by atoms with Gasteiger partial charge in [-0.3, -0.25) is 4.99 Å². The van der Waals surface area contributed by atoms with E-state index in [1.807, 2.05) is 25.1 Å². The average molecular weight is 418 g/mol. The summed E-state index contributed by atoms with van der Waals surface area (Å²) in [6, 6.07) is 11.0. The van der Waals surface area contributed by atoms with Gasteiger partial charge < -0.3 is 29.1 Å². The Morgan fingerprint density at radius 2 is 2.13 bits per heavy atom. The smallest absolute Gasteiger partial charge is 0.161 e. The number of methoxy groups -OCH3 is 1. The number of phenolic OH excluding ortho intramolecular Hbond substituents is 1. The molecule has 31 heavy (non-hydrogen) atoms. The zero-order valence-electron chi connectivity index (χ0n) is 17.0. The van der Waals surface area contributed by atoms with E-state index in [1.54, 1.807) is 24.4 Å². The molecular weight excluding hydrogens is 398 g/mol. The maximum absolute atomic E-state index is 11.8. The monoisotopic (exact) mass is 418 g/mol. The Balaban J connectivity index is 1.91. The maximum atomic E-state index is 11.8. The highest BCUT2D eigenvalue weighted by atomic mass is 16.5. The first-order valence-electron chi connectivity index (χ1n) is 9.58. The lowest BCUT2D eigenvalue weighted by Crippen LogP contribution is -2.37. The summed E-state index contributed by atoms with van der Waals surface area (Å²) in [4.78, 5) is 23.1. The van der Waals surface area contributed by atoms with Gasteiger partial charge in [0, 0.05) is 35.3 Å². The maximum Gasteiger partial charge on any atom is 0.161 e. The van der Waals surface area contributed by atoms with Crippen LogP contribution in [-0.4, -0.2) is 34.2 Å². The molecule has 1 atom stereocenters. The van der Waals surface area contributed by atoms with Crippen molar-refractivity contribution in [2.24, 2.45) is 4.99 Å². The molecule has 0 aliphatic rings. The number of aryl methyl sites for hydroxylation is 1. The van der Waals surface area contributed by atoms with Crippen LogP contribution in [-0.2, 0) is 11.2 Å². The fourth-order valence-electron chi connectivity index (χ4n) is 3.32. The molecule has 8 heteroatoms. The molecule has 2 aromatic carbocycles. The second-order valence-electron chi connectivity index (χ2n) is 7.13. The Kier molecular flexibility index (Phi) is 5.44. The van der Waals surface area contributed by atoms with Gasteiger partial charge in [0.1, 0.15) is 11.3 Å². The quantitative estimate of drug-likeness (QED) is 0.494. The molecule has 0 radical (unpaired) electrons. The number of fused-ring (bicyclic) bond motifs is 1. The molecule has 0 bridgehead atoms. The van der Waals surface area contributed by atoms with E-state index in [4.69, 9.17) is 9.15 Å². The first kappa shape index (κ1) is 20.2. The molecule has 158 valence electrons. The summed E-state index contributed by atoms with van der Waals surface area (Å²) in [6.07, 6.45) is 3.16. The van der Waals surface area contributed by atoms with Crippen LogP contribution < -0.4 is 15.2 Å². The largest absolute Gasteiger partial charge is 0.548 e. The van der Waals surface area contributed by atoms with Gasteiger partial charge in [0.15, 0.2) is 11.5 Å². The van der Waals surface area contributed by atoms with Crippen LogP contribution in [0.1, 0.15) is 11.3 Å². The van der Waals surface area contributed by atoms with E-state index in [0.717, 1.165) is 5.56 Å². The number of carbonyl (C=O) groups is 1. The third-order valence-corrected chi connectivity index (χ3v) is 4.90. The summed E-state index contributed by atoms with van der Waals surface area (Å²) in [5.41, 5.74) is 2.82. The van der Waals surface area contributed by atoms with Crippen molar-refractivity contribution in [1.29, 1.82) is 0 Å². The van der Waals surface area contributed by atoms with Crippen molar-refractivity contribution < 1.29 is 24.2 Å². The summed E-state index contributed by atoms with van der Waals surface area (Å²) in [5, 5.41) is 22.8. The molecule has 8 nitrogen and oxygen atoms in total. The van der Waals surface area contributed by atoms with Crippen LogP contribution >= 0.6 is 0 Å². The van der Waals surface area contributed by atoms with Crippen LogP contribution in [0.2, 0.25) is 0 Å². The normalized spacial score (nSPS) is 12.8. The number of benzene rings is 2. The number of hydrogen-bond donors (Lipinski definition) is 2. The number of H-pyrrole nitrogens is 1. The van der Waals surface area contributed by atoms with Gasteiger partial charge in [-0.15, -0.1) is 0 Å². The zero-order valence-corrected chi connectivity index (χ0v) is 17.0. The average Bonchev–Trinajstić information content (AvgIpc) is 3.27. The van der Waals surface area contributed by atoms with E-state index in [2.05, 4.69) is 15.0 Å². The number of nitrogens with one attached hydrogen (secondary N) is 1. The molecule has 0 saturated heterocycles. The Morgan fingerprint density at radius 1 is 1.29 bits per heavy atom. The first-order chi connectivity index (χ1) is 14.9. The summed E-state index contributed by atoms with van der Waals surface area (Å²) in [7, 11) is 1.46. The standard InChI is InChI=1S/C23H21N3O5/c1-13-3-6-20-16(7-13)17(26-18(23(28)29)9-15-11-24-12-25-15)10-21(31-20)14-4-5-19(27)22(8-14)30-2/h3-8,10-12,18,27H,9H2,1-2H3,(H,24,25)(H,28,29)/p-1/t18-/m1/s1.